The van der Waals surface area contributed by atoms with Gasteiger partial charge in [0.25, 0.3) is 5.89 Å². The first-order chi connectivity index (χ1) is 9.28. The van der Waals surface area contributed by atoms with Gasteiger partial charge in [0.15, 0.2) is 5.82 Å². The van der Waals surface area contributed by atoms with Crippen LogP contribution in [0, 0.1) is 11.3 Å². The van der Waals surface area contributed by atoms with E-state index < -0.39 is 0 Å². The maximum Gasteiger partial charge on any atom is 0.268 e. The van der Waals surface area contributed by atoms with Gasteiger partial charge in [-0.3, -0.25) is 4.90 Å². The molecule has 3 heterocycles. The predicted molar refractivity (Wildman–Crippen MR) is 75.0 cm³/mol. The molecule has 1 aliphatic rings. The van der Waals surface area contributed by atoms with Crippen molar-refractivity contribution in [2.24, 2.45) is 0 Å². The van der Waals surface area contributed by atoms with Crippen LogP contribution in [0.2, 0.25) is 0 Å². The molecule has 3 rings (SSSR count). The van der Waals surface area contributed by atoms with E-state index in [0.29, 0.717) is 10.8 Å². The van der Waals surface area contributed by atoms with Crippen LogP contribution in [0.4, 0.5) is 0 Å². The highest BCUT2D eigenvalue weighted by Crippen LogP contribution is 2.30. The van der Waals surface area contributed by atoms with Gasteiger partial charge in [0.1, 0.15) is 10.9 Å². The van der Waals surface area contributed by atoms with E-state index in [9.17, 15) is 0 Å². The van der Waals surface area contributed by atoms with Crippen molar-refractivity contribution in [3.63, 3.8) is 0 Å². The zero-order valence-electron chi connectivity index (χ0n) is 10.4. The highest BCUT2D eigenvalue weighted by Gasteiger charge is 2.26. The van der Waals surface area contributed by atoms with Crippen LogP contribution in [0.15, 0.2) is 16.7 Å². The molecule has 5 nitrogen and oxygen atoms in total. The van der Waals surface area contributed by atoms with E-state index >= 15 is 0 Å². The van der Waals surface area contributed by atoms with Crippen molar-refractivity contribution >= 4 is 23.1 Å². The van der Waals surface area contributed by atoms with Gasteiger partial charge in [-0.05, 0) is 19.2 Å². The molecular formula is C12H12N4OS2. The molecule has 7 heteroatoms. The number of thioether (sulfide) groups is 1. The summed E-state index contributed by atoms with van der Waals surface area (Å²) in [6, 6.07) is 5.94. The van der Waals surface area contributed by atoms with Gasteiger partial charge in [-0.25, -0.2) is 0 Å². The van der Waals surface area contributed by atoms with Crippen molar-refractivity contribution in [1.82, 2.24) is 15.0 Å². The third-order valence-electron chi connectivity index (χ3n) is 3.06. The maximum absolute atomic E-state index is 8.83. The molecule has 2 aromatic rings. The second kappa shape index (κ2) is 5.33. The third-order valence-corrected chi connectivity index (χ3v) is 5.06. The summed E-state index contributed by atoms with van der Waals surface area (Å²) < 4.78 is 5.31. The van der Waals surface area contributed by atoms with Crippen molar-refractivity contribution in [1.29, 1.82) is 5.26 Å². The Bertz CT molecular complexity index is 615. The molecule has 0 spiro atoms. The summed E-state index contributed by atoms with van der Waals surface area (Å²) in [5.41, 5.74) is 0. The van der Waals surface area contributed by atoms with Gasteiger partial charge in [-0.15, -0.1) is 11.3 Å². The van der Waals surface area contributed by atoms with Crippen LogP contribution in [0.3, 0.4) is 0 Å². The standard InChI is InChI=1S/C12H12N4OS2/c1-16-4-5-18-7-9(16)11-14-12(17-15-11)10-3-2-8(6-13)19-10/h2-3,9H,4-5,7H2,1H3. The van der Waals surface area contributed by atoms with Crippen LogP contribution in [-0.2, 0) is 0 Å². The highest BCUT2D eigenvalue weighted by atomic mass is 32.2. The van der Waals surface area contributed by atoms with Gasteiger partial charge in [-0.2, -0.15) is 22.0 Å². The fraction of sp³-hybridized carbons (Fsp3) is 0.417. The SMILES string of the molecule is CN1CCSCC1c1noc(-c2ccc(C#N)s2)n1. The first kappa shape index (κ1) is 12.7. The molecule has 0 saturated carbocycles. The molecule has 0 amide bonds. The van der Waals surface area contributed by atoms with E-state index in [2.05, 4.69) is 28.2 Å². The fourth-order valence-electron chi connectivity index (χ4n) is 1.94. The third kappa shape index (κ3) is 2.52. The molecule has 19 heavy (non-hydrogen) atoms. The summed E-state index contributed by atoms with van der Waals surface area (Å²) in [6.07, 6.45) is 0. The molecule has 1 atom stereocenters. The quantitative estimate of drug-likeness (QED) is 0.846. The summed E-state index contributed by atoms with van der Waals surface area (Å²) in [6.45, 7) is 1.04. The summed E-state index contributed by atoms with van der Waals surface area (Å²) in [7, 11) is 2.08. The molecule has 1 saturated heterocycles. The minimum absolute atomic E-state index is 0.214. The number of thiophene rings is 1. The van der Waals surface area contributed by atoms with Crippen molar-refractivity contribution in [3.8, 4) is 16.8 Å². The van der Waals surface area contributed by atoms with E-state index in [0.717, 1.165) is 28.8 Å². The number of aromatic nitrogens is 2. The predicted octanol–water partition coefficient (Wildman–Crippen LogP) is 2.39. The first-order valence-corrected chi connectivity index (χ1v) is 7.87. The Morgan fingerprint density at radius 2 is 2.42 bits per heavy atom. The van der Waals surface area contributed by atoms with Gasteiger partial charge < -0.3 is 4.52 Å². The van der Waals surface area contributed by atoms with Gasteiger partial charge in [0.2, 0.25) is 0 Å². The lowest BCUT2D eigenvalue weighted by atomic mass is 10.3. The second-order valence-electron chi connectivity index (χ2n) is 4.30. The van der Waals surface area contributed by atoms with Gasteiger partial charge in [0.05, 0.1) is 10.9 Å². The average molecular weight is 292 g/mol. The Hall–Kier alpha value is -1.36. The van der Waals surface area contributed by atoms with E-state index in [1.807, 2.05) is 17.8 Å². The summed E-state index contributed by atoms with van der Waals surface area (Å²) >= 11 is 3.28. The molecule has 1 aliphatic heterocycles. The Morgan fingerprint density at radius 1 is 1.53 bits per heavy atom. The average Bonchev–Trinajstić information content (AvgIpc) is 3.08. The molecule has 98 valence electrons. The Balaban J connectivity index is 1.84. The van der Waals surface area contributed by atoms with Gasteiger partial charge >= 0.3 is 0 Å². The second-order valence-corrected chi connectivity index (χ2v) is 6.54. The topological polar surface area (TPSA) is 66.0 Å². The summed E-state index contributed by atoms with van der Waals surface area (Å²) in [4.78, 5) is 8.22. The molecule has 0 N–H and O–H groups in total. The minimum atomic E-state index is 0.214. The van der Waals surface area contributed by atoms with Crippen LogP contribution in [0.25, 0.3) is 10.8 Å². The lowest BCUT2D eigenvalue weighted by molar-refractivity contribution is 0.257. The number of hydrogen-bond acceptors (Lipinski definition) is 7. The zero-order chi connectivity index (χ0) is 13.2. The molecule has 0 aliphatic carbocycles. The monoisotopic (exact) mass is 292 g/mol. The minimum Gasteiger partial charge on any atom is -0.333 e. The Labute approximate surface area is 119 Å². The molecule has 0 aromatic carbocycles. The highest BCUT2D eigenvalue weighted by molar-refractivity contribution is 7.99. The lowest BCUT2D eigenvalue weighted by Gasteiger charge is -2.29. The number of rotatable bonds is 2. The molecular weight excluding hydrogens is 280 g/mol. The summed E-state index contributed by atoms with van der Waals surface area (Å²) in [5, 5.41) is 12.9. The molecule has 2 aromatic heterocycles. The van der Waals surface area contributed by atoms with Crippen molar-refractivity contribution in [2.45, 2.75) is 6.04 Å². The molecule has 0 radical (unpaired) electrons. The fourth-order valence-corrected chi connectivity index (χ4v) is 3.88. The summed E-state index contributed by atoms with van der Waals surface area (Å²) in [5.74, 6) is 3.37. The Kier molecular flexibility index (Phi) is 3.55. The van der Waals surface area contributed by atoms with Crippen molar-refractivity contribution < 1.29 is 4.52 Å². The number of nitrogens with zero attached hydrogens (tertiary/aromatic N) is 4. The van der Waals surface area contributed by atoms with Gasteiger partial charge in [-0.1, -0.05) is 5.16 Å². The van der Waals surface area contributed by atoms with E-state index in [4.69, 9.17) is 9.78 Å². The normalized spacial score (nSPS) is 20.3. The zero-order valence-corrected chi connectivity index (χ0v) is 12.0. The van der Waals surface area contributed by atoms with Crippen LogP contribution < -0.4 is 0 Å². The van der Waals surface area contributed by atoms with Gasteiger partial charge in [0, 0.05) is 18.1 Å². The molecule has 0 bridgehead atoms. The van der Waals surface area contributed by atoms with Crippen LogP contribution in [0.1, 0.15) is 16.7 Å². The molecule has 1 fully saturated rings. The van der Waals surface area contributed by atoms with Crippen molar-refractivity contribution in [3.05, 3.63) is 22.8 Å². The van der Waals surface area contributed by atoms with Crippen LogP contribution >= 0.6 is 23.1 Å². The first-order valence-electron chi connectivity index (χ1n) is 5.90. The van der Waals surface area contributed by atoms with Crippen molar-refractivity contribution in [2.75, 3.05) is 25.1 Å². The number of nitriles is 1. The molecule has 1 unspecified atom stereocenters. The van der Waals surface area contributed by atoms with E-state index in [-0.39, 0.29) is 6.04 Å². The largest absolute Gasteiger partial charge is 0.333 e. The smallest absolute Gasteiger partial charge is 0.268 e. The maximum atomic E-state index is 8.83. The number of hydrogen-bond donors (Lipinski definition) is 0. The van der Waals surface area contributed by atoms with Crippen LogP contribution in [0.5, 0.6) is 0 Å². The van der Waals surface area contributed by atoms with E-state index in [1.165, 1.54) is 11.3 Å². The Morgan fingerprint density at radius 3 is 3.16 bits per heavy atom. The van der Waals surface area contributed by atoms with E-state index in [1.54, 1.807) is 6.07 Å². The lowest BCUT2D eigenvalue weighted by Crippen LogP contribution is -2.33. The van der Waals surface area contributed by atoms with Crippen LogP contribution in [-0.4, -0.2) is 40.1 Å².